The number of esters is 1. The summed E-state index contributed by atoms with van der Waals surface area (Å²) in [5.41, 5.74) is 4.01. The maximum absolute atomic E-state index is 13.7. The number of methoxy groups -OCH3 is 1. The summed E-state index contributed by atoms with van der Waals surface area (Å²) in [5, 5.41) is 8.12. The molecule has 0 bridgehead atoms. The lowest BCUT2D eigenvalue weighted by Crippen LogP contribution is -2.43. The minimum atomic E-state index is -3.92. The number of carbonyl (C=O) groups is 1. The number of sulfonamides is 1. The van der Waals surface area contributed by atoms with Crippen molar-refractivity contribution in [3.8, 4) is 22.5 Å². The van der Waals surface area contributed by atoms with E-state index in [1.165, 1.54) is 42.4 Å². The zero-order valence-electron chi connectivity index (χ0n) is 27.6. The highest BCUT2D eigenvalue weighted by Gasteiger charge is 2.24. The number of halogens is 4. The number of nitrogens with zero attached hydrogens (tertiary/aromatic N) is 5. The average molecular weight is 723 g/mol. The summed E-state index contributed by atoms with van der Waals surface area (Å²) in [6.07, 6.45) is -1.85. The highest BCUT2D eigenvalue weighted by molar-refractivity contribution is 7.91. The molecule has 5 rings (SSSR count). The highest BCUT2D eigenvalue weighted by atomic mass is 32.2. The van der Waals surface area contributed by atoms with Gasteiger partial charge in [0.15, 0.2) is 0 Å². The van der Waals surface area contributed by atoms with Crippen LogP contribution in [0.5, 0.6) is 0 Å². The number of hydrogen-bond acceptors (Lipinski definition) is 9. The van der Waals surface area contributed by atoms with Crippen molar-refractivity contribution in [2.24, 2.45) is 0 Å². The molecule has 268 valence electrons. The van der Waals surface area contributed by atoms with Gasteiger partial charge in [0, 0.05) is 52.4 Å². The fourth-order valence-corrected chi connectivity index (χ4v) is 5.63. The van der Waals surface area contributed by atoms with Crippen LogP contribution in [0.2, 0.25) is 0 Å². The minimum absolute atomic E-state index is 0.0188. The molecule has 0 saturated heterocycles. The van der Waals surface area contributed by atoms with Crippen molar-refractivity contribution in [1.29, 1.82) is 0 Å². The van der Waals surface area contributed by atoms with Crippen LogP contribution in [-0.2, 0) is 14.8 Å². The average Bonchev–Trinajstić information content (AvgIpc) is 3.73. The molecule has 0 aliphatic heterocycles. The van der Waals surface area contributed by atoms with E-state index in [1.807, 2.05) is 27.7 Å². The van der Waals surface area contributed by atoms with Crippen molar-refractivity contribution >= 4 is 32.6 Å². The monoisotopic (exact) mass is 722 g/mol. The second-order valence-corrected chi connectivity index (χ2v) is 13.3. The first-order valence-electron chi connectivity index (χ1n) is 14.8. The van der Waals surface area contributed by atoms with Crippen LogP contribution in [0, 0.1) is 0 Å². The van der Waals surface area contributed by atoms with Gasteiger partial charge in [-0.2, -0.15) is 14.9 Å². The summed E-state index contributed by atoms with van der Waals surface area (Å²) in [6.45, 7) is 7.41. The molecule has 0 radical (unpaired) electrons. The summed E-state index contributed by atoms with van der Waals surface area (Å²) in [6, 6.07) is 7.67. The third-order valence-corrected chi connectivity index (χ3v) is 7.81. The van der Waals surface area contributed by atoms with Gasteiger partial charge in [-0.25, -0.2) is 40.4 Å². The largest absolute Gasteiger partial charge is 0.465 e. The molecule has 0 aliphatic carbocycles. The zero-order valence-corrected chi connectivity index (χ0v) is 28.4. The molecule has 0 saturated carbocycles. The molecule has 5 aromatic rings. The third kappa shape index (κ3) is 7.72. The Morgan fingerprint density at radius 3 is 1.84 bits per heavy atom. The summed E-state index contributed by atoms with van der Waals surface area (Å²) < 4.78 is 85.0. The number of anilines is 1. The molecule has 0 spiro atoms. The first kappa shape index (κ1) is 37.4. The number of hydrogen-bond donors (Lipinski definition) is 3. The first-order valence-corrected chi connectivity index (χ1v) is 16.7. The predicted molar refractivity (Wildman–Crippen MR) is 178 cm³/mol. The third-order valence-electron chi connectivity index (χ3n) is 7.29. The number of aromatic amines is 1. The Morgan fingerprint density at radius 2 is 1.38 bits per heavy atom. The van der Waals surface area contributed by atoms with E-state index in [4.69, 9.17) is 5.73 Å². The number of rotatable bonds is 9. The van der Waals surface area contributed by atoms with Crippen LogP contribution >= 0.6 is 0 Å². The van der Waals surface area contributed by atoms with Crippen molar-refractivity contribution in [2.75, 3.05) is 23.9 Å². The summed E-state index contributed by atoms with van der Waals surface area (Å²) in [7, 11) is -2.72. The summed E-state index contributed by atoms with van der Waals surface area (Å²) in [5.74, 6) is -0.671. The van der Waals surface area contributed by atoms with Crippen molar-refractivity contribution in [3.05, 3.63) is 86.3 Å². The second kappa shape index (κ2) is 14.6. The number of aromatic nitrogens is 6. The topological polar surface area (TPSA) is 189 Å². The van der Waals surface area contributed by atoms with E-state index in [2.05, 4.69) is 19.9 Å². The molecular weight excluding hydrogens is 688 g/mol. The summed E-state index contributed by atoms with van der Waals surface area (Å²) >= 11 is 0. The molecule has 0 atom stereocenters. The van der Waals surface area contributed by atoms with E-state index >= 15 is 0 Å². The van der Waals surface area contributed by atoms with Crippen LogP contribution in [-0.4, -0.2) is 57.0 Å². The highest BCUT2D eigenvalue weighted by Crippen LogP contribution is 2.36. The van der Waals surface area contributed by atoms with Gasteiger partial charge in [0.2, 0.25) is 10.0 Å². The van der Waals surface area contributed by atoms with E-state index in [0.29, 0.717) is 11.4 Å². The van der Waals surface area contributed by atoms with E-state index < -0.39 is 45.7 Å². The van der Waals surface area contributed by atoms with Crippen LogP contribution in [0.25, 0.3) is 33.4 Å². The van der Waals surface area contributed by atoms with Crippen LogP contribution in [0.15, 0.2) is 58.4 Å². The van der Waals surface area contributed by atoms with E-state index in [1.54, 1.807) is 15.6 Å². The SMILES string of the molecule is CC(C)n1nccc1-c1cc2c(=O)n(NS(C)(=O)=O)c(=O)[nH]c2cc1C(F)F.COC(=O)c1cc(-c2ccnn2C(C)C)c(C(F)F)cc1N. The van der Waals surface area contributed by atoms with Crippen molar-refractivity contribution in [1.82, 2.24) is 29.2 Å². The quantitative estimate of drug-likeness (QED) is 0.107. The number of ether oxygens (including phenoxy) is 1. The summed E-state index contributed by atoms with van der Waals surface area (Å²) in [4.78, 5) is 40.5. The lowest BCUT2D eigenvalue weighted by molar-refractivity contribution is 0.0601. The van der Waals surface area contributed by atoms with Gasteiger partial charge in [0.1, 0.15) is 0 Å². The number of fused-ring (bicyclic) bond motifs is 1. The van der Waals surface area contributed by atoms with Crippen LogP contribution in [0.3, 0.4) is 0 Å². The maximum Gasteiger partial charge on any atom is 0.348 e. The van der Waals surface area contributed by atoms with Gasteiger partial charge in [-0.3, -0.25) is 14.2 Å². The smallest absolute Gasteiger partial charge is 0.348 e. The lowest BCUT2D eigenvalue weighted by atomic mass is 9.99. The standard InChI is InChI=1S/C16H17F2N5O4S.C15H17F2N3O2/c1-8(2)22-13(4-5-19-22)9-6-11-12(7-10(9)14(17)18)20-16(25)23(15(11)24)21-28(3,26)27;1-8(2)20-13(4-5-19-20)9-6-11(15(21)22-3)12(18)7-10(9)14(16)17/h4-8,14,21H,1-3H3,(H,20,25);4-8,14H,18H2,1-3H3. The van der Waals surface area contributed by atoms with Crippen molar-refractivity contribution in [3.63, 3.8) is 0 Å². The normalized spacial score (nSPS) is 11.8. The molecule has 50 heavy (non-hydrogen) atoms. The minimum Gasteiger partial charge on any atom is -0.465 e. The van der Waals surface area contributed by atoms with Crippen molar-refractivity contribution in [2.45, 2.75) is 52.6 Å². The van der Waals surface area contributed by atoms with Gasteiger partial charge in [-0.1, -0.05) is 0 Å². The first-order chi connectivity index (χ1) is 23.4. The Morgan fingerprint density at radius 1 is 0.880 bits per heavy atom. The molecule has 3 heterocycles. The zero-order chi connectivity index (χ0) is 37.2. The second-order valence-electron chi connectivity index (χ2n) is 11.5. The lowest BCUT2D eigenvalue weighted by Gasteiger charge is -2.16. The van der Waals surface area contributed by atoms with E-state index in [0.717, 1.165) is 18.4 Å². The molecule has 14 nitrogen and oxygen atoms in total. The number of benzene rings is 2. The van der Waals surface area contributed by atoms with Gasteiger partial charge in [0.25, 0.3) is 18.4 Å². The molecule has 2 aromatic carbocycles. The molecular formula is C31H34F4N8O6S. The molecule has 0 amide bonds. The van der Waals surface area contributed by atoms with Gasteiger partial charge in [-0.15, -0.1) is 0 Å². The van der Waals surface area contributed by atoms with Gasteiger partial charge >= 0.3 is 11.7 Å². The molecule has 3 aromatic heterocycles. The number of H-pyrrole nitrogens is 1. The number of carbonyl (C=O) groups excluding carboxylic acids is 1. The van der Waals surface area contributed by atoms with Crippen LogP contribution in [0.4, 0.5) is 23.2 Å². The number of nitrogens with one attached hydrogen (secondary N) is 2. The number of nitrogen functional groups attached to an aromatic ring is 1. The molecule has 0 unspecified atom stereocenters. The predicted octanol–water partition coefficient (Wildman–Crippen LogP) is 5.01. The Labute approximate surface area is 282 Å². The fraction of sp³-hybridized carbons (Fsp3) is 0.323. The Hall–Kier alpha value is -5.46. The van der Waals surface area contributed by atoms with Gasteiger partial charge in [0.05, 0.1) is 41.2 Å². The number of alkyl halides is 4. The van der Waals surface area contributed by atoms with E-state index in [9.17, 15) is 40.4 Å². The van der Waals surface area contributed by atoms with Crippen molar-refractivity contribution < 1.29 is 35.5 Å². The molecule has 4 N–H and O–H groups in total. The fourth-order valence-electron chi connectivity index (χ4n) is 5.13. The van der Waals surface area contributed by atoms with Crippen LogP contribution in [0.1, 0.15) is 74.1 Å². The Balaban J connectivity index is 0.000000232. The number of nitrogens with two attached hydrogens (primary N) is 1. The Bertz CT molecular complexity index is 2280. The molecule has 0 aliphatic rings. The maximum atomic E-state index is 13.7. The van der Waals surface area contributed by atoms with E-state index in [-0.39, 0.29) is 55.6 Å². The molecule has 0 fully saturated rings. The van der Waals surface area contributed by atoms with Gasteiger partial charge in [-0.05, 0) is 64.1 Å². The molecule has 19 heteroatoms. The van der Waals surface area contributed by atoms with Crippen LogP contribution < -0.4 is 21.8 Å². The Kier molecular flexibility index (Phi) is 10.9. The van der Waals surface area contributed by atoms with Gasteiger partial charge < -0.3 is 15.5 Å².